The van der Waals surface area contributed by atoms with Crippen molar-refractivity contribution >= 4 is 6.09 Å². The average molecular weight is 211 g/mol. The lowest BCUT2D eigenvalue weighted by Gasteiger charge is -2.17. The van der Waals surface area contributed by atoms with Gasteiger partial charge in [0.2, 0.25) is 5.89 Å². The highest BCUT2D eigenvalue weighted by molar-refractivity contribution is 5.66. The largest absolute Gasteiger partial charge is 0.465 e. The lowest BCUT2D eigenvalue weighted by Crippen LogP contribution is -2.32. The van der Waals surface area contributed by atoms with Gasteiger partial charge in [-0.1, -0.05) is 0 Å². The Labute approximate surface area is 86.7 Å². The van der Waals surface area contributed by atoms with E-state index in [0.29, 0.717) is 24.6 Å². The number of likely N-dealkylation sites (tertiary alicyclic amines) is 1. The molecule has 1 aliphatic heterocycles. The fraction of sp³-hybridized carbons (Fsp3) is 0.556. The smallest absolute Gasteiger partial charge is 0.408 e. The van der Waals surface area contributed by atoms with Gasteiger partial charge in [-0.2, -0.15) is 0 Å². The van der Waals surface area contributed by atoms with Crippen LogP contribution in [0.2, 0.25) is 0 Å². The molecule has 6 nitrogen and oxygen atoms in total. The summed E-state index contributed by atoms with van der Waals surface area (Å²) in [5.41, 5.74) is 5.72. The molecule has 15 heavy (non-hydrogen) atoms. The number of amides is 1. The van der Waals surface area contributed by atoms with Crippen molar-refractivity contribution in [1.29, 1.82) is 0 Å². The number of carboxylic acid groups (broad SMARTS) is 1. The van der Waals surface area contributed by atoms with Crippen molar-refractivity contribution in [2.24, 2.45) is 5.73 Å². The van der Waals surface area contributed by atoms with Gasteiger partial charge in [0.15, 0.2) is 0 Å². The molecule has 2 rings (SSSR count). The number of aromatic nitrogens is 1. The van der Waals surface area contributed by atoms with Gasteiger partial charge in [-0.25, -0.2) is 9.78 Å². The van der Waals surface area contributed by atoms with Crippen molar-refractivity contribution in [3.63, 3.8) is 0 Å². The van der Waals surface area contributed by atoms with E-state index in [0.717, 1.165) is 0 Å². The molecule has 1 saturated heterocycles. The van der Waals surface area contributed by atoms with Crippen LogP contribution in [0.15, 0.2) is 10.6 Å². The van der Waals surface area contributed by atoms with E-state index < -0.39 is 6.09 Å². The minimum absolute atomic E-state index is 0.140. The number of hydrogen-bond donors (Lipinski definition) is 2. The molecule has 2 heterocycles. The SMILES string of the molecule is Cc1cnc([C@@H]2C[C@H](N)CN2C(=O)O)o1. The number of carbonyl (C=O) groups is 1. The van der Waals surface area contributed by atoms with Crippen LogP contribution >= 0.6 is 0 Å². The number of nitrogens with zero attached hydrogens (tertiary/aromatic N) is 2. The second kappa shape index (κ2) is 3.54. The number of oxazole rings is 1. The highest BCUT2D eigenvalue weighted by Crippen LogP contribution is 2.30. The van der Waals surface area contributed by atoms with Crippen LogP contribution in [0, 0.1) is 6.92 Å². The molecular formula is C9H13N3O3. The van der Waals surface area contributed by atoms with Crippen molar-refractivity contribution in [3.8, 4) is 0 Å². The van der Waals surface area contributed by atoms with Gasteiger partial charge >= 0.3 is 6.09 Å². The van der Waals surface area contributed by atoms with E-state index in [4.69, 9.17) is 15.3 Å². The molecule has 0 aromatic carbocycles. The Kier molecular flexibility index (Phi) is 2.36. The molecule has 1 aromatic heterocycles. The van der Waals surface area contributed by atoms with Gasteiger partial charge in [0.1, 0.15) is 11.8 Å². The van der Waals surface area contributed by atoms with Crippen LogP contribution in [-0.2, 0) is 0 Å². The third-order valence-electron chi connectivity index (χ3n) is 2.50. The number of nitrogens with two attached hydrogens (primary N) is 1. The summed E-state index contributed by atoms with van der Waals surface area (Å²) in [6, 6.07) is -0.482. The van der Waals surface area contributed by atoms with E-state index in [1.807, 2.05) is 0 Å². The highest BCUT2D eigenvalue weighted by atomic mass is 16.4. The van der Waals surface area contributed by atoms with E-state index in [1.165, 1.54) is 4.90 Å². The van der Waals surface area contributed by atoms with Gasteiger partial charge in [0.05, 0.1) is 6.20 Å². The Bertz CT molecular complexity index is 376. The van der Waals surface area contributed by atoms with Crippen molar-refractivity contribution in [3.05, 3.63) is 17.8 Å². The topological polar surface area (TPSA) is 92.6 Å². The van der Waals surface area contributed by atoms with Crippen LogP contribution in [-0.4, -0.2) is 33.7 Å². The average Bonchev–Trinajstić information content (AvgIpc) is 2.71. The van der Waals surface area contributed by atoms with Crippen LogP contribution < -0.4 is 5.73 Å². The predicted octanol–water partition coefficient (Wildman–Crippen LogP) is 0.735. The zero-order valence-corrected chi connectivity index (χ0v) is 8.38. The molecule has 6 heteroatoms. The Hall–Kier alpha value is -1.56. The molecule has 1 fully saturated rings. The lowest BCUT2D eigenvalue weighted by atomic mass is 10.2. The first-order valence-corrected chi connectivity index (χ1v) is 4.75. The van der Waals surface area contributed by atoms with Gasteiger partial charge in [0.25, 0.3) is 0 Å². The van der Waals surface area contributed by atoms with Gasteiger partial charge in [0, 0.05) is 12.6 Å². The molecular weight excluding hydrogens is 198 g/mol. The Morgan fingerprint density at radius 2 is 2.53 bits per heavy atom. The van der Waals surface area contributed by atoms with E-state index in [9.17, 15) is 4.79 Å². The molecule has 1 aromatic rings. The summed E-state index contributed by atoms with van der Waals surface area (Å²) in [6.07, 6.45) is 1.16. The first-order chi connectivity index (χ1) is 7.08. The molecule has 82 valence electrons. The molecule has 1 aliphatic rings. The van der Waals surface area contributed by atoms with Gasteiger partial charge in [-0.05, 0) is 13.3 Å². The van der Waals surface area contributed by atoms with Crippen LogP contribution in [0.5, 0.6) is 0 Å². The fourth-order valence-corrected chi connectivity index (χ4v) is 1.84. The van der Waals surface area contributed by atoms with Crippen molar-refractivity contribution in [2.45, 2.75) is 25.4 Å². The molecule has 0 bridgehead atoms. The zero-order chi connectivity index (χ0) is 11.0. The maximum atomic E-state index is 10.9. The predicted molar refractivity (Wildman–Crippen MR) is 51.3 cm³/mol. The molecule has 0 radical (unpaired) electrons. The van der Waals surface area contributed by atoms with Gasteiger partial charge in [-0.15, -0.1) is 0 Å². The van der Waals surface area contributed by atoms with E-state index in [2.05, 4.69) is 4.98 Å². The lowest BCUT2D eigenvalue weighted by molar-refractivity contribution is 0.133. The Morgan fingerprint density at radius 3 is 3.07 bits per heavy atom. The first-order valence-electron chi connectivity index (χ1n) is 4.75. The molecule has 0 aliphatic carbocycles. The second-order valence-corrected chi connectivity index (χ2v) is 3.76. The minimum Gasteiger partial charge on any atom is -0.465 e. The second-order valence-electron chi connectivity index (χ2n) is 3.76. The molecule has 0 unspecified atom stereocenters. The molecule has 0 spiro atoms. The van der Waals surface area contributed by atoms with Crippen LogP contribution in [0.3, 0.4) is 0 Å². The summed E-state index contributed by atoms with van der Waals surface area (Å²) in [4.78, 5) is 16.2. The third-order valence-corrected chi connectivity index (χ3v) is 2.50. The van der Waals surface area contributed by atoms with E-state index in [-0.39, 0.29) is 12.1 Å². The summed E-state index contributed by atoms with van der Waals surface area (Å²) in [6.45, 7) is 2.11. The summed E-state index contributed by atoms with van der Waals surface area (Å²) >= 11 is 0. The normalized spacial score (nSPS) is 25.9. The van der Waals surface area contributed by atoms with Crippen molar-refractivity contribution in [1.82, 2.24) is 9.88 Å². The summed E-state index contributed by atoms with van der Waals surface area (Å²) in [5, 5.41) is 8.97. The van der Waals surface area contributed by atoms with Crippen molar-refractivity contribution in [2.75, 3.05) is 6.54 Å². The Morgan fingerprint density at radius 1 is 1.80 bits per heavy atom. The summed E-state index contributed by atoms with van der Waals surface area (Å²) in [7, 11) is 0. The standard InChI is InChI=1S/C9H13N3O3/c1-5-3-11-8(15-5)7-2-6(10)4-12(7)9(13)14/h3,6-7H,2,4,10H2,1H3,(H,13,14)/t6-,7-/m0/s1. The maximum absolute atomic E-state index is 10.9. The highest BCUT2D eigenvalue weighted by Gasteiger charge is 2.37. The monoisotopic (exact) mass is 211 g/mol. The zero-order valence-electron chi connectivity index (χ0n) is 8.38. The van der Waals surface area contributed by atoms with Crippen molar-refractivity contribution < 1.29 is 14.3 Å². The number of hydrogen-bond acceptors (Lipinski definition) is 4. The van der Waals surface area contributed by atoms with Gasteiger partial charge in [-0.3, -0.25) is 4.90 Å². The number of rotatable bonds is 1. The van der Waals surface area contributed by atoms with Crippen LogP contribution in [0.1, 0.15) is 24.1 Å². The molecule has 1 amide bonds. The molecule has 2 atom stereocenters. The van der Waals surface area contributed by atoms with Crippen LogP contribution in [0.25, 0.3) is 0 Å². The molecule has 0 saturated carbocycles. The number of aryl methyl sites for hydroxylation is 1. The first kappa shape index (κ1) is 9.97. The summed E-state index contributed by atoms with van der Waals surface area (Å²) < 4.78 is 5.32. The maximum Gasteiger partial charge on any atom is 0.408 e. The fourth-order valence-electron chi connectivity index (χ4n) is 1.84. The van der Waals surface area contributed by atoms with E-state index in [1.54, 1.807) is 13.1 Å². The minimum atomic E-state index is -0.983. The quantitative estimate of drug-likeness (QED) is 0.714. The Balaban J connectivity index is 2.24. The van der Waals surface area contributed by atoms with Gasteiger partial charge < -0.3 is 15.3 Å². The van der Waals surface area contributed by atoms with E-state index >= 15 is 0 Å². The third kappa shape index (κ3) is 1.80. The molecule has 3 N–H and O–H groups in total. The summed E-state index contributed by atoms with van der Waals surface area (Å²) in [5.74, 6) is 1.11. The van der Waals surface area contributed by atoms with Crippen LogP contribution in [0.4, 0.5) is 4.79 Å².